The summed E-state index contributed by atoms with van der Waals surface area (Å²) >= 11 is 2.06. The molecule has 0 saturated carbocycles. The molecule has 0 aliphatic carbocycles. The lowest BCUT2D eigenvalue weighted by Crippen LogP contribution is -2.19. The molecule has 0 bridgehead atoms. The highest BCUT2D eigenvalue weighted by Crippen LogP contribution is 2.20. The molecule has 0 heterocycles. The van der Waals surface area contributed by atoms with E-state index >= 15 is 0 Å². The number of unbranched alkanes of at least 4 members (excludes halogenated alkanes) is 1. The summed E-state index contributed by atoms with van der Waals surface area (Å²) in [4.78, 5) is 0. The number of nitrogens with one attached hydrogen (secondary N) is 1. The minimum Gasteiger partial charge on any atom is -0.312 e. The van der Waals surface area contributed by atoms with Crippen molar-refractivity contribution in [2.24, 2.45) is 5.92 Å². The Kier molecular flexibility index (Phi) is 8.24. The van der Waals surface area contributed by atoms with Crippen molar-refractivity contribution in [1.29, 1.82) is 0 Å². The first-order chi connectivity index (χ1) is 9.17. The van der Waals surface area contributed by atoms with Crippen molar-refractivity contribution < 1.29 is 0 Å². The maximum Gasteiger partial charge on any atom is 0.0409 e. The van der Waals surface area contributed by atoms with Crippen LogP contribution in [0.4, 0.5) is 0 Å². The summed E-state index contributed by atoms with van der Waals surface area (Å²) in [5.41, 5.74) is 2.87. The number of benzene rings is 1. The highest BCUT2D eigenvalue weighted by Gasteiger charge is 2.09. The summed E-state index contributed by atoms with van der Waals surface area (Å²) in [6.45, 7) is 6.80. The molecule has 0 radical (unpaired) electrons. The van der Waals surface area contributed by atoms with Crippen molar-refractivity contribution in [3.8, 4) is 0 Å². The van der Waals surface area contributed by atoms with Crippen LogP contribution in [0.25, 0.3) is 0 Å². The quantitative estimate of drug-likeness (QED) is 0.659. The molecule has 1 unspecified atom stereocenters. The molecule has 0 spiro atoms. The minimum absolute atomic E-state index is 0.481. The molecule has 1 N–H and O–H groups in total. The van der Waals surface area contributed by atoms with Crippen LogP contribution in [0.2, 0.25) is 0 Å². The monoisotopic (exact) mass is 279 g/mol. The van der Waals surface area contributed by atoms with Crippen molar-refractivity contribution in [3.05, 3.63) is 35.4 Å². The van der Waals surface area contributed by atoms with Gasteiger partial charge in [-0.1, -0.05) is 51.5 Å². The van der Waals surface area contributed by atoms with E-state index in [9.17, 15) is 0 Å². The van der Waals surface area contributed by atoms with Gasteiger partial charge in [0, 0.05) is 11.8 Å². The topological polar surface area (TPSA) is 12.0 Å². The van der Waals surface area contributed by atoms with Crippen LogP contribution < -0.4 is 5.32 Å². The molecular formula is C17H29NS. The molecule has 0 saturated heterocycles. The number of thioether (sulfide) groups is 1. The van der Waals surface area contributed by atoms with Crippen LogP contribution in [0.3, 0.4) is 0 Å². The van der Waals surface area contributed by atoms with Gasteiger partial charge in [-0.2, -0.15) is 11.8 Å². The van der Waals surface area contributed by atoms with E-state index in [1.165, 1.54) is 41.9 Å². The third-order valence-electron chi connectivity index (χ3n) is 3.30. The minimum atomic E-state index is 0.481. The Morgan fingerprint density at radius 3 is 2.37 bits per heavy atom. The lowest BCUT2D eigenvalue weighted by molar-refractivity contribution is 0.643. The van der Waals surface area contributed by atoms with Crippen molar-refractivity contribution in [3.63, 3.8) is 0 Å². The molecule has 0 amide bonds. The molecule has 0 aliphatic heterocycles. The zero-order valence-electron chi connectivity index (χ0n) is 12.9. The number of hydrogen-bond donors (Lipinski definition) is 1. The zero-order chi connectivity index (χ0) is 14.1. The second-order valence-electron chi connectivity index (χ2n) is 5.61. The van der Waals surface area contributed by atoms with E-state index < -0.39 is 0 Å². The van der Waals surface area contributed by atoms with Crippen LogP contribution in [-0.4, -0.2) is 18.6 Å². The average Bonchev–Trinajstić information content (AvgIpc) is 2.40. The molecule has 1 rings (SSSR count). The van der Waals surface area contributed by atoms with E-state index in [4.69, 9.17) is 0 Å². The summed E-state index contributed by atoms with van der Waals surface area (Å²) in [5.74, 6) is 3.18. The molecule has 0 fully saturated rings. The fourth-order valence-electron chi connectivity index (χ4n) is 2.15. The molecule has 1 aromatic rings. The van der Waals surface area contributed by atoms with Crippen LogP contribution in [-0.2, 0) is 6.42 Å². The van der Waals surface area contributed by atoms with E-state index in [0.717, 1.165) is 5.92 Å². The van der Waals surface area contributed by atoms with Crippen LogP contribution in [0.15, 0.2) is 24.3 Å². The first-order valence-electron chi connectivity index (χ1n) is 7.51. The van der Waals surface area contributed by atoms with Gasteiger partial charge < -0.3 is 5.32 Å². The van der Waals surface area contributed by atoms with Gasteiger partial charge in [0.15, 0.2) is 0 Å². The second-order valence-corrected chi connectivity index (χ2v) is 6.76. The highest BCUT2D eigenvalue weighted by atomic mass is 32.2. The first-order valence-corrected chi connectivity index (χ1v) is 8.66. The number of hydrogen-bond acceptors (Lipinski definition) is 2. The molecule has 19 heavy (non-hydrogen) atoms. The standard InChI is InChI=1S/C17H29NS/c1-5-6-11-19-13-17(18-4)16-9-7-15(8-10-16)12-14(2)3/h7-10,14,17-18H,5-6,11-13H2,1-4H3. The lowest BCUT2D eigenvalue weighted by Gasteiger charge is -2.17. The Labute approximate surface area is 123 Å². The van der Waals surface area contributed by atoms with Crippen LogP contribution in [0, 0.1) is 5.92 Å². The Morgan fingerprint density at radius 1 is 1.16 bits per heavy atom. The highest BCUT2D eigenvalue weighted by molar-refractivity contribution is 7.99. The third kappa shape index (κ3) is 6.49. The Morgan fingerprint density at radius 2 is 1.84 bits per heavy atom. The van der Waals surface area contributed by atoms with Gasteiger partial charge in [0.1, 0.15) is 0 Å². The third-order valence-corrected chi connectivity index (χ3v) is 4.45. The maximum atomic E-state index is 3.43. The average molecular weight is 279 g/mol. The predicted octanol–water partition coefficient (Wildman–Crippen LogP) is 4.68. The van der Waals surface area contributed by atoms with Crippen LogP contribution in [0.1, 0.15) is 50.8 Å². The van der Waals surface area contributed by atoms with Gasteiger partial charge in [-0.05, 0) is 42.7 Å². The van der Waals surface area contributed by atoms with E-state index in [1.54, 1.807) is 0 Å². The second kappa shape index (κ2) is 9.44. The van der Waals surface area contributed by atoms with E-state index in [-0.39, 0.29) is 0 Å². The molecule has 0 aromatic heterocycles. The Balaban J connectivity index is 2.51. The molecule has 2 heteroatoms. The van der Waals surface area contributed by atoms with Crippen molar-refractivity contribution in [1.82, 2.24) is 5.32 Å². The zero-order valence-corrected chi connectivity index (χ0v) is 13.7. The van der Waals surface area contributed by atoms with Gasteiger partial charge in [-0.15, -0.1) is 0 Å². The summed E-state index contributed by atoms with van der Waals surface area (Å²) in [7, 11) is 2.06. The molecular weight excluding hydrogens is 250 g/mol. The molecule has 1 nitrogen and oxygen atoms in total. The van der Waals surface area contributed by atoms with Gasteiger partial charge in [-0.3, -0.25) is 0 Å². The fourth-order valence-corrected chi connectivity index (χ4v) is 3.41. The molecule has 1 aromatic carbocycles. The van der Waals surface area contributed by atoms with E-state index in [0.29, 0.717) is 6.04 Å². The smallest absolute Gasteiger partial charge is 0.0409 e. The summed E-state index contributed by atoms with van der Waals surface area (Å²) in [6, 6.07) is 9.64. The van der Waals surface area contributed by atoms with Crippen molar-refractivity contribution >= 4 is 11.8 Å². The molecule has 1 atom stereocenters. The summed E-state index contributed by atoms with van der Waals surface area (Å²) < 4.78 is 0. The Hall–Kier alpha value is -0.470. The van der Waals surface area contributed by atoms with Gasteiger partial charge >= 0.3 is 0 Å². The van der Waals surface area contributed by atoms with Gasteiger partial charge in [0.25, 0.3) is 0 Å². The number of rotatable bonds is 9. The summed E-state index contributed by atoms with van der Waals surface area (Å²) in [5, 5.41) is 3.43. The maximum absolute atomic E-state index is 3.43. The summed E-state index contributed by atoms with van der Waals surface area (Å²) in [6.07, 6.45) is 3.80. The predicted molar refractivity (Wildman–Crippen MR) is 89.0 cm³/mol. The van der Waals surface area contributed by atoms with Crippen LogP contribution in [0.5, 0.6) is 0 Å². The Bertz CT molecular complexity index is 332. The van der Waals surface area contributed by atoms with Gasteiger partial charge in [-0.25, -0.2) is 0 Å². The molecule has 108 valence electrons. The largest absolute Gasteiger partial charge is 0.312 e. The SMILES string of the molecule is CCCCSCC(NC)c1ccc(CC(C)C)cc1. The van der Waals surface area contributed by atoms with Gasteiger partial charge in [0.05, 0.1) is 0 Å². The first kappa shape index (κ1) is 16.6. The fraction of sp³-hybridized carbons (Fsp3) is 0.647. The van der Waals surface area contributed by atoms with Gasteiger partial charge in [0.2, 0.25) is 0 Å². The van der Waals surface area contributed by atoms with E-state index in [2.05, 4.69) is 69.2 Å². The van der Waals surface area contributed by atoms with Crippen molar-refractivity contribution in [2.45, 2.75) is 46.1 Å². The lowest BCUT2D eigenvalue weighted by atomic mass is 10.00. The normalized spacial score (nSPS) is 12.9. The van der Waals surface area contributed by atoms with Crippen LogP contribution >= 0.6 is 11.8 Å². The molecule has 0 aliphatic rings. The van der Waals surface area contributed by atoms with E-state index in [1.807, 2.05) is 0 Å². The van der Waals surface area contributed by atoms with Crippen molar-refractivity contribution in [2.75, 3.05) is 18.6 Å².